The Balaban J connectivity index is 2.01. The summed E-state index contributed by atoms with van der Waals surface area (Å²) in [5.74, 6) is 0. The third-order valence-electron chi connectivity index (χ3n) is 3.17. The van der Waals surface area contributed by atoms with Gasteiger partial charge in [0.15, 0.2) is 0 Å². The molecule has 1 heterocycles. The number of sulfonamides is 1. The molecule has 0 bridgehead atoms. The fourth-order valence-corrected chi connectivity index (χ4v) is 3.26. The summed E-state index contributed by atoms with van der Waals surface area (Å²) in [5, 5.41) is 6.75. The van der Waals surface area contributed by atoms with Crippen molar-refractivity contribution in [1.82, 2.24) is 10.0 Å². The quantitative estimate of drug-likeness (QED) is 0.758. The molecule has 106 valence electrons. The maximum absolute atomic E-state index is 11.8. The molecule has 0 amide bonds. The van der Waals surface area contributed by atoms with Gasteiger partial charge in [-0.3, -0.25) is 0 Å². The molecule has 6 heteroatoms. The Morgan fingerprint density at radius 2 is 2.05 bits per heavy atom. The standard InChI is InChI=1S/C13H21N3O2S/c1-2-15-19(17,18)13-7-5-11(6-8-13)16-12-4-3-9-14-10-12/h5-8,12,14-16H,2-4,9-10H2,1H3. The molecule has 1 aliphatic heterocycles. The minimum absolute atomic E-state index is 0.307. The Bertz CT molecular complexity index is 493. The second-order valence-electron chi connectivity index (χ2n) is 4.71. The molecule has 2 rings (SSSR count). The van der Waals surface area contributed by atoms with Crippen molar-refractivity contribution < 1.29 is 8.42 Å². The fourth-order valence-electron chi connectivity index (χ4n) is 2.21. The molecule has 19 heavy (non-hydrogen) atoms. The summed E-state index contributed by atoms with van der Waals surface area (Å²) in [4.78, 5) is 0.307. The number of nitrogens with one attached hydrogen (secondary N) is 3. The number of hydrogen-bond donors (Lipinski definition) is 3. The van der Waals surface area contributed by atoms with Crippen LogP contribution in [0.25, 0.3) is 0 Å². The number of rotatable bonds is 5. The van der Waals surface area contributed by atoms with Gasteiger partial charge in [0.05, 0.1) is 4.90 Å². The zero-order valence-electron chi connectivity index (χ0n) is 11.1. The summed E-state index contributed by atoms with van der Waals surface area (Å²) >= 11 is 0. The number of piperidine rings is 1. The molecule has 1 aromatic rings. The lowest BCUT2D eigenvalue weighted by atomic mass is 10.1. The van der Waals surface area contributed by atoms with Crippen molar-refractivity contribution in [3.8, 4) is 0 Å². The van der Waals surface area contributed by atoms with Crippen LogP contribution in [0.5, 0.6) is 0 Å². The molecule has 0 aliphatic carbocycles. The normalized spacial score (nSPS) is 20.2. The van der Waals surface area contributed by atoms with E-state index in [0.717, 1.165) is 25.2 Å². The van der Waals surface area contributed by atoms with Gasteiger partial charge in [-0.1, -0.05) is 6.92 Å². The monoisotopic (exact) mass is 283 g/mol. The first-order valence-corrected chi connectivity index (χ1v) is 8.17. The van der Waals surface area contributed by atoms with E-state index >= 15 is 0 Å². The van der Waals surface area contributed by atoms with Gasteiger partial charge in [0.25, 0.3) is 0 Å². The lowest BCUT2D eigenvalue weighted by Gasteiger charge is -2.24. The zero-order valence-corrected chi connectivity index (χ0v) is 12.0. The summed E-state index contributed by atoms with van der Waals surface area (Å²) < 4.78 is 26.1. The molecular weight excluding hydrogens is 262 g/mol. The lowest BCUT2D eigenvalue weighted by Crippen LogP contribution is -2.38. The van der Waals surface area contributed by atoms with E-state index < -0.39 is 10.0 Å². The van der Waals surface area contributed by atoms with Gasteiger partial charge in [0.2, 0.25) is 10.0 Å². The predicted molar refractivity (Wildman–Crippen MR) is 76.8 cm³/mol. The van der Waals surface area contributed by atoms with Crippen LogP contribution in [0.4, 0.5) is 5.69 Å². The van der Waals surface area contributed by atoms with Crippen molar-refractivity contribution in [1.29, 1.82) is 0 Å². The van der Waals surface area contributed by atoms with Gasteiger partial charge in [-0.2, -0.15) is 0 Å². The van der Waals surface area contributed by atoms with Crippen LogP contribution in [-0.4, -0.2) is 34.1 Å². The molecule has 1 atom stereocenters. The highest BCUT2D eigenvalue weighted by Gasteiger charge is 2.14. The summed E-state index contributed by atoms with van der Waals surface area (Å²) in [6, 6.07) is 7.33. The Morgan fingerprint density at radius 3 is 2.63 bits per heavy atom. The molecule has 5 nitrogen and oxygen atoms in total. The molecule has 3 N–H and O–H groups in total. The Kier molecular flexibility index (Phi) is 4.79. The molecule has 0 radical (unpaired) electrons. The van der Waals surface area contributed by atoms with Crippen molar-refractivity contribution in [2.45, 2.75) is 30.7 Å². The highest BCUT2D eigenvalue weighted by Crippen LogP contribution is 2.16. The molecule has 1 aliphatic rings. The minimum atomic E-state index is -3.35. The first kappa shape index (κ1) is 14.3. The Morgan fingerprint density at radius 1 is 1.32 bits per heavy atom. The van der Waals surface area contributed by atoms with Crippen LogP contribution in [0.15, 0.2) is 29.2 Å². The van der Waals surface area contributed by atoms with Crippen molar-refractivity contribution >= 4 is 15.7 Å². The van der Waals surface area contributed by atoms with Gasteiger partial charge in [0, 0.05) is 24.8 Å². The Labute approximate surface area is 114 Å². The molecule has 0 aromatic heterocycles. The molecular formula is C13H21N3O2S. The van der Waals surface area contributed by atoms with E-state index in [2.05, 4.69) is 15.4 Å². The van der Waals surface area contributed by atoms with E-state index in [-0.39, 0.29) is 0 Å². The molecule has 1 aromatic carbocycles. The third kappa shape index (κ3) is 3.92. The van der Waals surface area contributed by atoms with Gasteiger partial charge < -0.3 is 10.6 Å². The maximum Gasteiger partial charge on any atom is 0.240 e. The average Bonchev–Trinajstić information content (AvgIpc) is 2.40. The summed E-state index contributed by atoms with van der Waals surface area (Å²) in [7, 11) is -3.35. The van der Waals surface area contributed by atoms with E-state index in [4.69, 9.17) is 0 Å². The fraction of sp³-hybridized carbons (Fsp3) is 0.538. The number of benzene rings is 1. The zero-order chi connectivity index (χ0) is 13.7. The molecule has 1 fully saturated rings. The lowest BCUT2D eigenvalue weighted by molar-refractivity contribution is 0.480. The number of anilines is 1. The van der Waals surface area contributed by atoms with E-state index in [0.29, 0.717) is 17.5 Å². The molecule has 1 saturated heterocycles. The second kappa shape index (κ2) is 6.36. The smallest absolute Gasteiger partial charge is 0.240 e. The van der Waals surface area contributed by atoms with Crippen LogP contribution >= 0.6 is 0 Å². The van der Waals surface area contributed by atoms with E-state index in [9.17, 15) is 8.42 Å². The van der Waals surface area contributed by atoms with Crippen molar-refractivity contribution in [3.05, 3.63) is 24.3 Å². The van der Waals surface area contributed by atoms with Gasteiger partial charge in [-0.25, -0.2) is 13.1 Å². The third-order valence-corrected chi connectivity index (χ3v) is 4.73. The Hall–Kier alpha value is -1.11. The van der Waals surface area contributed by atoms with E-state index in [1.165, 1.54) is 6.42 Å². The second-order valence-corrected chi connectivity index (χ2v) is 6.48. The van der Waals surface area contributed by atoms with Gasteiger partial charge in [-0.05, 0) is 43.7 Å². The highest BCUT2D eigenvalue weighted by molar-refractivity contribution is 7.89. The topological polar surface area (TPSA) is 70.2 Å². The van der Waals surface area contributed by atoms with Crippen LogP contribution in [0.2, 0.25) is 0 Å². The number of hydrogen-bond acceptors (Lipinski definition) is 4. The minimum Gasteiger partial charge on any atom is -0.381 e. The maximum atomic E-state index is 11.8. The highest BCUT2D eigenvalue weighted by atomic mass is 32.2. The van der Waals surface area contributed by atoms with E-state index in [1.54, 1.807) is 19.1 Å². The van der Waals surface area contributed by atoms with Crippen molar-refractivity contribution in [3.63, 3.8) is 0 Å². The van der Waals surface area contributed by atoms with Crippen LogP contribution in [0.3, 0.4) is 0 Å². The summed E-state index contributed by atoms with van der Waals surface area (Å²) in [5.41, 5.74) is 0.962. The summed E-state index contributed by atoms with van der Waals surface area (Å²) in [6.07, 6.45) is 2.31. The first-order valence-electron chi connectivity index (χ1n) is 6.69. The first-order chi connectivity index (χ1) is 9.12. The van der Waals surface area contributed by atoms with Crippen LogP contribution in [0.1, 0.15) is 19.8 Å². The van der Waals surface area contributed by atoms with Gasteiger partial charge in [-0.15, -0.1) is 0 Å². The average molecular weight is 283 g/mol. The van der Waals surface area contributed by atoms with Crippen molar-refractivity contribution in [2.75, 3.05) is 25.0 Å². The summed E-state index contributed by atoms with van der Waals surface area (Å²) in [6.45, 7) is 4.20. The largest absolute Gasteiger partial charge is 0.381 e. The van der Waals surface area contributed by atoms with Crippen molar-refractivity contribution in [2.24, 2.45) is 0 Å². The van der Waals surface area contributed by atoms with Gasteiger partial charge in [0.1, 0.15) is 0 Å². The molecule has 0 saturated carbocycles. The predicted octanol–water partition coefficient (Wildman–Crippen LogP) is 1.15. The SMILES string of the molecule is CCNS(=O)(=O)c1ccc(NC2CCCNC2)cc1. The van der Waals surface area contributed by atoms with Crippen LogP contribution < -0.4 is 15.4 Å². The van der Waals surface area contributed by atoms with Crippen LogP contribution in [-0.2, 0) is 10.0 Å². The van der Waals surface area contributed by atoms with Gasteiger partial charge >= 0.3 is 0 Å². The molecule has 0 spiro atoms. The van der Waals surface area contributed by atoms with Crippen LogP contribution in [0, 0.1) is 0 Å². The van der Waals surface area contributed by atoms with E-state index in [1.807, 2.05) is 12.1 Å². The molecule has 1 unspecified atom stereocenters.